The number of aromatic nitrogens is 3. The molecule has 0 saturated heterocycles. The number of carboxylic acids is 1. The number of hydrogen-bond donors (Lipinski definition) is 2. The van der Waals surface area contributed by atoms with E-state index in [-0.39, 0.29) is 6.73 Å². The zero-order valence-corrected chi connectivity index (χ0v) is 14.4. The Morgan fingerprint density at radius 2 is 2.04 bits per heavy atom. The van der Waals surface area contributed by atoms with E-state index >= 15 is 0 Å². The van der Waals surface area contributed by atoms with E-state index in [1.54, 1.807) is 17.1 Å². The van der Waals surface area contributed by atoms with Crippen LogP contribution in [0, 0.1) is 0 Å². The number of amides is 1. The summed E-state index contributed by atoms with van der Waals surface area (Å²) in [4.78, 5) is 26.0. The normalized spacial score (nSPS) is 11.6. The van der Waals surface area contributed by atoms with E-state index < -0.39 is 20.0 Å². The molecule has 0 unspecified atom stereocenters. The molecule has 0 fully saturated rings. The van der Waals surface area contributed by atoms with Crippen molar-refractivity contribution in [3.63, 3.8) is 0 Å². The van der Waals surface area contributed by atoms with Crippen molar-refractivity contribution in [3.8, 4) is 0 Å². The summed E-state index contributed by atoms with van der Waals surface area (Å²) in [5, 5.41) is 15.9. The summed E-state index contributed by atoms with van der Waals surface area (Å²) < 4.78 is 7.24. The summed E-state index contributed by atoms with van der Waals surface area (Å²) in [6.07, 6.45) is 4.58. The first-order valence-electron chi connectivity index (χ1n) is 7.19. The molecule has 1 amide bonds. The van der Waals surface area contributed by atoms with Crippen LogP contribution in [0.4, 0.5) is 5.69 Å². The first-order valence-corrected chi connectivity index (χ1v) is 10.9. The molecule has 0 radical (unpaired) electrons. The van der Waals surface area contributed by atoms with Crippen LogP contribution in [0.3, 0.4) is 0 Å². The van der Waals surface area contributed by atoms with Crippen LogP contribution in [-0.4, -0.2) is 46.4 Å². The van der Waals surface area contributed by atoms with E-state index in [2.05, 4.69) is 35.0 Å². The molecule has 0 saturated carbocycles. The number of rotatable bonds is 6. The van der Waals surface area contributed by atoms with Crippen molar-refractivity contribution in [1.29, 1.82) is 0 Å². The molecule has 2 aromatic heterocycles. The van der Waals surface area contributed by atoms with Crippen LogP contribution in [0.25, 0.3) is 10.9 Å². The number of ether oxygens (including phenoxy) is 1. The highest BCUT2D eigenvalue weighted by Gasteiger charge is 2.16. The Kier molecular flexibility index (Phi) is 5.11. The predicted octanol–water partition coefficient (Wildman–Crippen LogP) is 1.77. The van der Waals surface area contributed by atoms with Gasteiger partial charge < -0.3 is 15.2 Å². The minimum Gasteiger partial charge on any atom is -0.474 e. The maximum Gasteiger partial charge on any atom is 0.394 e. The van der Waals surface area contributed by atoms with Gasteiger partial charge in [-0.05, 0) is 6.04 Å². The van der Waals surface area contributed by atoms with E-state index in [1.807, 2.05) is 0 Å². The number of carbonyl (C=O) groups excluding carboxylic acids is 1. The van der Waals surface area contributed by atoms with Gasteiger partial charge in [0, 0.05) is 26.3 Å². The smallest absolute Gasteiger partial charge is 0.394 e. The zero-order valence-electron chi connectivity index (χ0n) is 13.4. The lowest BCUT2D eigenvalue weighted by Crippen LogP contribution is -2.23. The summed E-state index contributed by atoms with van der Waals surface area (Å²) in [6.45, 7) is 7.67. The Balaban J connectivity index is 2.14. The van der Waals surface area contributed by atoms with Crippen molar-refractivity contribution in [3.05, 3.63) is 18.6 Å². The summed E-state index contributed by atoms with van der Waals surface area (Å²) in [6, 6.07) is 1.04. The molecule has 0 atom stereocenters. The second-order valence-corrected chi connectivity index (χ2v) is 12.0. The zero-order chi connectivity index (χ0) is 17.0. The van der Waals surface area contributed by atoms with Gasteiger partial charge >= 0.3 is 11.9 Å². The Morgan fingerprint density at radius 1 is 1.30 bits per heavy atom. The van der Waals surface area contributed by atoms with Gasteiger partial charge in [-0.3, -0.25) is 9.78 Å². The summed E-state index contributed by atoms with van der Waals surface area (Å²) in [5.74, 6) is -2.67. The summed E-state index contributed by atoms with van der Waals surface area (Å²) in [5.41, 5.74) is 0.879. The van der Waals surface area contributed by atoms with Crippen LogP contribution in [0.5, 0.6) is 0 Å². The van der Waals surface area contributed by atoms with Crippen molar-refractivity contribution < 1.29 is 19.4 Å². The standard InChI is InChI=1S/C14H20N4O4Si/c1-23(2,3)5-4-22-9-18-12-10(7-16-18)6-15-8-11(12)17-13(19)14(20)21/h6-8H,4-5,9H2,1-3H3,(H,17,19)(H,20,21). The second kappa shape index (κ2) is 6.88. The third-order valence-electron chi connectivity index (χ3n) is 3.19. The third kappa shape index (κ3) is 4.60. The lowest BCUT2D eigenvalue weighted by Gasteiger charge is -2.15. The fraction of sp³-hybridized carbons (Fsp3) is 0.429. The van der Waals surface area contributed by atoms with Crippen LogP contribution >= 0.6 is 0 Å². The fourth-order valence-electron chi connectivity index (χ4n) is 1.94. The Labute approximate surface area is 134 Å². The minimum atomic E-state index is -1.56. The number of nitrogens with zero attached hydrogens (tertiary/aromatic N) is 3. The molecule has 2 aromatic rings. The van der Waals surface area contributed by atoms with Crippen molar-refractivity contribution in [1.82, 2.24) is 14.8 Å². The van der Waals surface area contributed by atoms with Gasteiger partial charge in [0.1, 0.15) is 6.73 Å². The fourth-order valence-corrected chi connectivity index (χ4v) is 2.69. The SMILES string of the molecule is C[Si](C)(C)CCOCn1ncc2cncc(NC(=O)C(=O)O)c21. The first-order chi connectivity index (χ1) is 10.8. The average molecular weight is 336 g/mol. The van der Waals surface area contributed by atoms with Crippen LogP contribution in [0.2, 0.25) is 25.7 Å². The van der Waals surface area contributed by atoms with Crippen molar-refractivity contribution in [2.75, 3.05) is 11.9 Å². The lowest BCUT2D eigenvalue weighted by atomic mass is 10.3. The van der Waals surface area contributed by atoms with Crippen molar-refractivity contribution in [2.24, 2.45) is 0 Å². The quantitative estimate of drug-likeness (QED) is 0.473. The summed E-state index contributed by atoms with van der Waals surface area (Å²) >= 11 is 0. The van der Waals surface area contributed by atoms with Crippen molar-refractivity contribution >= 4 is 36.5 Å². The molecule has 8 nitrogen and oxygen atoms in total. The number of pyridine rings is 1. The first kappa shape index (κ1) is 17.1. The predicted molar refractivity (Wildman–Crippen MR) is 87.9 cm³/mol. The highest BCUT2D eigenvalue weighted by Crippen LogP contribution is 2.22. The number of carboxylic acid groups (broad SMARTS) is 1. The number of fused-ring (bicyclic) bond motifs is 1. The third-order valence-corrected chi connectivity index (χ3v) is 4.90. The molecular formula is C14H20N4O4Si. The van der Waals surface area contributed by atoms with Crippen LogP contribution in [-0.2, 0) is 21.1 Å². The monoisotopic (exact) mass is 336 g/mol. The summed E-state index contributed by atoms with van der Waals surface area (Å²) in [7, 11) is -1.17. The number of carbonyl (C=O) groups is 2. The lowest BCUT2D eigenvalue weighted by molar-refractivity contribution is -0.147. The van der Waals surface area contributed by atoms with Gasteiger partial charge in [0.2, 0.25) is 0 Å². The number of aliphatic carboxylic acids is 1. The molecule has 124 valence electrons. The molecule has 9 heteroatoms. The maximum absolute atomic E-state index is 11.4. The van der Waals surface area contributed by atoms with Crippen LogP contribution in [0.1, 0.15) is 0 Å². The van der Waals surface area contributed by atoms with E-state index in [9.17, 15) is 9.59 Å². The molecule has 2 rings (SSSR count). The van der Waals surface area contributed by atoms with Gasteiger partial charge in [0.25, 0.3) is 0 Å². The average Bonchev–Trinajstić information content (AvgIpc) is 2.87. The number of anilines is 1. The topological polar surface area (TPSA) is 106 Å². The van der Waals surface area contributed by atoms with Gasteiger partial charge in [-0.2, -0.15) is 5.10 Å². The second-order valence-electron chi connectivity index (χ2n) is 6.38. The van der Waals surface area contributed by atoms with Gasteiger partial charge in [-0.25, -0.2) is 9.48 Å². The highest BCUT2D eigenvalue weighted by molar-refractivity contribution is 6.76. The minimum absolute atomic E-state index is 0.230. The molecule has 0 aliphatic carbocycles. The molecule has 0 aliphatic rings. The molecule has 0 aromatic carbocycles. The maximum atomic E-state index is 11.4. The molecule has 0 aliphatic heterocycles. The van der Waals surface area contributed by atoms with Gasteiger partial charge in [-0.1, -0.05) is 19.6 Å². The van der Waals surface area contributed by atoms with E-state index in [0.717, 1.165) is 6.04 Å². The van der Waals surface area contributed by atoms with Crippen LogP contribution in [0.15, 0.2) is 18.6 Å². The molecule has 0 bridgehead atoms. The Hall–Kier alpha value is -2.26. The molecule has 2 N–H and O–H groups in total. The Morgan fingerprint density at radius 3 is 2.70 bits per heavy atom. The van der Waals surface area contributed by atoms with E-state index in [4.69, 9.17) is 9.84 Å². The van der Waals surface area contributed by atoms with Crippen LogP contribution < -0.4 is 5.32 Å². The molecule has 0 spiro atoms. The largest absolute Gasteiger partial charge is 0.474 e. The highest BCUT2D eigenvalue weighted by atomic mass is 28.3. The molecular weight excluding hydrogens is 316 g/mol. The number of hydrogen-bond acceptors (Lipinski definition) is 5. The molecule has 23 heavy (non-hydrogen) atoms. The van der Waals surface area contributed by atoms with Gasteiger partial charge in [-0.15, -0.1) is 0 Å². The van der Waals surface area contributed by atoms with Gasteiger partial charge in [0.05, 0.1) is 23.6 Å². The molecule has 2 heterocycles. The Bertz CT molecular complexity index is 723. The number of nitrogens with one attached hydrogen (secondary N) is 1. The van der Waals surface area contributed by atoms with E-state index in [0.29, 0.717) is 23.2 Å². The van der Waals surface area contributed by atoms with Crippen molar-refractivity contribution in [2.45, 2.75) is 32.4 Å². The van der Waals surface area contributed by atoms with Gasteiger partial charge in [0.15, 0.2) is 0 Å². The van der Waals surface area contributed by atoms with E-state index in [1.165, 1.54) is 6.20 Å².